The highest BCUT2D eigenvalue weighted by atomic mass is 32.1. The number of hydrogen-bond acceptors (Lipinski definition) is 6. The van der Waals surface area contributed by atoms with Crippen molar-refractivity contribution in [3.05, 3.63) is 122 Å². The van der Waals surface area contributed by atoms with Gasteiger partial charge in [-0.3, -0.25) is 23.5 Å². The molecule has 3 aromatic heterocycles. The molecule has 9 nitrogen and oxygen atoms in total. The van der Waals surface area contributed by atoms with Gasteiger partial charge < -0.3 is 15.1 Å². The Morgan fingerprint density at radius 1 is 0.974 bits per heavy atom. The van der Waals surface area contributed by atoms with Crippen LogP contribution in [0.3, 0.4) is 0 Å². The van der Waals surface area contributed by atoms with Crippen molar-refractivity contribution in [1.82, 2.24) is 14.5 Å². The van der Waals surface area contributed by atoms with Crippen molar-refractivity contribution in [2.75, 3.05) is 5.32 Å². The van der Waals surface area contributed by atoms with Crippen LogP contribution in [-0.2, 0) is 24.4 Å². The second kappa shape index (κ2) is 10.7. The molecule has 0 atom stereocenters. The molecule has 0 unspecified atom stereocenters. The minimum absolute atomic E-state index is 0.000694. The number of anilines is 1. The van der Waals surface area contributed by atoms with Crippen LogP contribution in [0.5, 0.6) is 0 Å². The Labute approximate surface area is 221 Å². The first kappa shape index (κ1) is 25.0. The molecular weight excluding hydrogens is 504 g/mol. The lowest BCUT2D eigenvalue weighted by molar-refractivity contribution is -0.116. The van der Waals surface area contributed by atoms with Gasteiger partial charge in [-0.05, 0) is 65.9 Å². The zero-order valence-corrected chi connectivity index (χ0v) is 21.3. The van der Waals surface area contributed by atoms with Gasteiger partial charge in [-0.2, -0.15) is 0 Å². The van der Waals surface area contributed by atoms with E-state index < -0.39 is 11.2 Å². The van der Waals surface area contributed by atoms with Crippen molar-refractivity contribution < 1.29 is 14.0 Å². The minimum Gasteiger partial charge on any atom is -0.467 e. The van der Waals surface area contributed by atoms with Gasteiger partial charge in [0, 0.05) is 11.3 Å². The molecule has 5 aromatic rings. The van der Waals surface area contributed by atoms with Gasteiger partial charge >= 0.3 is 5.69 Å². The molecular formula is C28H24N4O5S. The first-order valence-corrected chi connectivity index (χ1v) is 12.7. The molecule has 38 heavy (non-hydrogen) atoms. The number of amides is 2. The van der Waals surface area contributed by atoms with Crippen LogP contribution in [0.1, 0.15) is 27.2 Å². The summed E-state index contributed by atoms with van der Waals surface area (Å²) in [7, 11) is 0. The lowest BCUT2D eigenvalue weighted by Crippen LogP contribution is -2.41. The Morgan fingerprint density at radius 2 is 1.79 bits per heavy atom. The first-order chi connectivity index (χ1) is 18.4. The van der Waals surface area contributed by atoms with Gasteiger partial charge in [0.25, 0.3) is 11.5 Å². The van der Waals surface area contributed by atoms with E-state index in [1.165, 1.54) is 22.2 Å². The van der Waals surface area contributed by atoms with E-state index in [9.17, 15) is 19.2 Å². The third-order valence-corrected chi connectivity index (χ3v) is 6.89. The van der Waals surface area contributed by atoms with Gasteiger partial charge in [-0.1, -0.05) is 24.3 Å². The number of fused-ring (bicyclic) bond motifs is 1. The van der Waals surface area contributed by atoms with E-state index >= 15 is 0 Å². The predicted molar refractivity (Wildman–Crippen MR) is 146 cm³/mol. The van der Waals surface area contributed by atoms with E-state index in [2.05, 4.69) is 10.6 Å². The van der Waals surface area contributed by atoms with E-state index in [0.29, 0.717) is 32.8 Å². The molecule has 0 aliphatic carbocycles. The fourth-order valence-electron chi connectivity index (χ4n) is 4.12. The summed E-state index contributed by atoms with van der Waals surface area (Å²) in [5.41, 5.74) is 2.14. The average Bonchev–Trinajstić information content (AvgIpc) is 3.61. The molecule has 0 aliphatic rings. The van der Waals surface area contributed by atoms with E-state index in [1.54, 1.807) is 53.9 Å². The van der Waals surface area contributed by atoms with Gasteiger partial charge in [0.05, 0.1) is 24.9 Å². The second-order valence-corrected chi connectivity index (χ2v) is 9.69. The Hall–Kier alpha value is -4.70. The maximum atomic E-state index is 13.4. The largest absolute Gasteiger partial charge is 0.467 e. The summed E-state index contributed by atoms with van der Waals surface area (Å²) in [6.45, 7) is 1.94. The molecule has 0 spiro atoms. The Kier molecular flexibility index (Phi) is 7.05. The third kappa shape index (κ3) is 5.35. The standard InChI is InChI=1S/C28H24N4O5S/c1-18-4-2-5-21(14-18)30-24(33)17-31-23-11-13-38-25(23)27(35)32(28(31)36)16-19-7-9-20(10-8-19)26(34)29-15-22-6-3-12-37-22/h2-14H,15-17H2,1H3,(H,29,34)(H,30,33). The second-order valence-electron chi connectivity index (χ2n) is 8.77. The zero-order valence-electron chi connectivity index (χ0n) is 20.5. The molecule has 2 aromatic carbocycles. The summed E-state index contributed by atoms with van der Waals surface area (Å²) in [5, 5.41) is 7.31. The van der Waals surface area contributed by atoms with Crippen molar-refractivity contribution in [2.45, 2.75) is 26.6 Å². The molecule has 10 heteroatoms. The van der Waals surface area contributed by atoms with Crippen LogP contribution in [-0.4, -0.2) is 20.9 Å². The van der Waals surface area contributed by atoms with E-state index in [4.69, 9.17) is 4.42 Å². The number of nitrogens with zero attached hydrogens (tertiary/aromatic N) is 2. The van der Waals surface area contributed by atoms with Crippen molar-refractivity contribution in [3.63, 3.8) is 0 Å². The van der Waals surface area contributed by atoms with Crippen LogP contribution in [0, 0.1) is 6.92 Å². The molecule has 0 saturated heterocycles. The molecule has 2 amide bonds. The summed E-state index contributed by atoms with van der Waals surface area (Å²) in [5.74, 6) is -0.00503. The number of aryl methyl sites for hydroxylation is 1. The van der Waals surface area contributed by atoms with Gasteiger partial charge in [0.2, 0.25) is 5.91 Å². The van der Waals surface area contributed by atoms with Crippen LogP contribution in [0.25, 0.3) is 10.2 Å². The zero-order chi connectivity index (χ0) is 26.6. The van der Waals surface area contributed by atoms with Gasteiger partial charge in [0.1, 0.15) is 17.0 Å². The number of carbonyl (C=O) groups is 2. The minimum atomic E-state index is -0.583. The highest BCUT2D eigenvalue weighted by Crippen LogP contribution is 2.16. The summed E-state index contributed by atoms with van der Waals surface area (Å²) < 4.78 is 8.04. The Balaban J connectivity index is 1.36. The van der Waals surface area contributed by atoms with E-state index in [1.807, 2.05) is 25.1 Å². The summed E-state index contributed by atoms with van der Waals surface area (Å²) >= 11 is 1.22. The number of benzene rings is 2. The van der Waals surface area contributed by atoms with Crippen LogP contribution >= 0.6 is 11.3 Å². The number of carbonyl (C=O) groups excluding carboxylic acids is 2. The van der Waals surface area contributed by atoms with Crippen molar-refractivity contribution in [2.24, 2.45) is 0 Å². The molecule has 2 N–H and O–H groups in total. The normalized spacial score (nSPS) is 11.0. The number of furan rings is 1. The summed E-state index contributed by atoms with van der Waals surface area (Å²) in [6.07, 6.45) is 1.54. The van der Waals surface area contributed by atoms with Gasteiger partial charge in [-0.15, -0.1) is 11.3 Å². The van der Waals surface area contributed by atoms with E-state index in [0.717, 1.165) is 10.1 Å². The Morgan fingerprint density at radius 3 is 2.53 bits per heavy atom. The molecule has 0 radical (unpaired) electrons. The van der Waals surface area contributed by atoms with E-state index in [-0.39, 0.29) is 31.4 Å². The monoisotopic (exact) mass is 528 g/mol. The smallest absolute Gasteiger partial charge is 0.332 e. The highest BCUT2D eigenvalue weighted by Gasteiger charge is 2.17. The lowest BCUT2D eigenvalue weighted by Gasteiger charge is -2.13. The fourth-order valence-corrected chi connectivity index (χ4v) is 4.96. The van der Waals surface area contributed by atoms with Crippen LogP contribution in [0.4, 0.5) is 5.69 Å². The van der Waals surface area contributed by atoms with Crippen LogP contribution < -0.4 is 21.9 Å². The van der Waals surface area contributed by atoms with Crippen LogP contribution in [0.2, 0.25) is 0 Å². The van der Waals surface area contributed by atoms with Crippen molar-refractivity contribution >= 4 is 39.1 Å². The summed E-state index contributed by atoms with van der Waals surface area (Å²) in [4.78, 5) is 51.8. The number of thiophene rings is 1. The SMILES string of the molecule is Cc1cccc(NC(=O)Cn2c(=O)n(Cc3ccc(C(=O)NCc4ccco4)cc3)c(=O)c3sccc32)c1. The molecule has 0 fully saturated rings. The van der Waals surface area contributed by atoms with Crippen molar-refractivity contribution in [3.8, 4) is 0 Å². The Bertz CT molecular complexity index is 1730. The topological polar surface area (TPSA) is 115 Å². The fraction of sp³-hybridized carbons (Fsp3) is 0.143. The number of nitrogens with one attached hydrogen (secondary N) is 2. The molecule has 3 heterocycles. The maximum Gasteiger partial charge on any atom is 0.332 e. The predicted octanol–water partition coefficient (Wildman–Crippen LogP) is 3.74. The lowest BCUT2D eigenvalue weighted by atomic mass is 10.1. The first-order valence-electron chi connectivity index (χ1n) is 11.9. The third-order valence-electron chi connectivity index (χ3n) is 6.00. The molecule has 0 bridgehead atoms. The van der Waals surface area contributed by atoms with Gasteiger partial charge in [-0.25, -0.2) is 4.79 Å². The number of hydrogen-bond donors (Lipinski definition) is 2. The maximum absolute atomic E-state index is 13.4. The molecule has 5 rings (SSSR count). The van der Waals surface area contributed by atoms with Gasteiger partial charge in [0.15, 0.2) is 0 Å². The number of aromatic nitrogens is 2. The summed E-state index contributed by atoms with van der Waals surface area (Å²) in [6, 6.07) is 19.2. The average molecular weight is 529 g/mol. The quantitative estimate of drug-likeness (QED) is 0.318. The molecule has 192 valence electrons. The van der Waals surface area contributed by atoms with Crippen molar-refractivity contribution in [1.29, 1.82) is 0 Å². The highest BCUT2D eigenvalue weighted by molar-refractivity contribution is 7.17. The van der Waals surface area contributed by atoms with Crippen LogP contribution in [0.15, 0.2) is 92.4 Å². The molecule has 0 saturated carbocycles. The molecule has 0 aliphatic heterocycles. The number of rotatable bonds is 8.